The molecule has 0 fully saturated rings. The Morgan fingerprint density at radius 2 is 1.86 bits per heavy atom. The van der Waals surface area contributed by atoms with E-state index in [2.05, 4.69) is 35.1 Å². The fraction of sp³-hybridized carbons (Fsp3) is 0.455. The average Bonchev–Trinajstić information content (AvgIpc) is 2.16. The first kappa shape index (κ1) is 11.5. The van der Waals surface area contributed by atoms with E-state index in [0.29, 0.717) is 5.92 Å². The quantitative estimate of drug-likeness (QED) is 0.870. The number of halogens is 1. The zero-order valence-corrected chi connectivity index (χ0v) is 10.2. The summed E-state index contributed by atoms with van der Waals surface area (Å²) < 4.78 is 1.09. The fourth-order valence-corrected chi connectivity index (χ4v) is 1.30. The Kier molecular flexibility index (Phi) is 4.42. The van der Waals surface area contributed by atoms with E-state index < -0.39 is 0 Å². The van der Waals surface area contributed by atoms with Crippen molar-refractivity contribution >= 4 is 21.6 Å². The number of hydrogen-bond acceptors (Lipinski definition) is 2. The molecule has 3 heteroatoms. The first-order chi connectivity index (χ1) is 6.59. The van der Waals surface area contributed by atoms with E-state index in [0.717, 1.165) is 16.7 Å². The van der Waals surface area contributed by atoms with Gasteiger partial charge in [-0.1, -0.05) is 29.8 Å². The third kappa shape index (κ3) is 3.68. The number of anilines is 1. The Hall–Kier alpha value is -0.540. The molecule has 1 aromatic carbocycles. The normalized spacial score (nSPS) is 12.9. The molecular weight excluding hydrogens is 240 g/mol. The lowest BCUT2D eigenvalue weighted by Gasteiger charge is -2.16. The van der Waals surface area contributed by atoms with Gasteiger partial charge in [-0.25, -0.2) is 0 Å². The van der Waals surface area contributed by atoms with Crippen LogP contribution in [-0.2, 0) is 0 Å². The van der Waals surface area contributed by atoms with Crippen molar-refractivity contribution < 1.29 is 0 Å². The summed E-state index contributed by atoms with van der Waals surface area (Å²) in [5.74, 6) is 0.512. The summed E-state index contributed by atoms with van der Waals surface area (Å²) in [6.07, 6.45) is 0. The molecule has 0 aliphatic rings. The van der Waals surface area contributed by atoms with Crippen molar-refractivity contribution in [1.82, 2.24) is 0 Å². The maximum atomic E-state index is 5.92. The standard InChI is InChI=1S/C11H17BrN2/c1-8(2)11(13)7-14-10-5-3-9(12)4-6-10/h3-6,8,11,14H,7,13H2,1-2H3. The van der Waals surface area contributed by atoms with Crippen LogP contribution in [0, 0.1) is 5.92 Å². The second-order valence-electron chi connectivity index (χ2n) is 3.80. The lowest BCUT2D eigenvalue weighted by molar-refractivity contribution is 0.511. The third-order valence-electron chi connectivity index (χ3n) is 2.24. The molecule has 3 N–H and O–H groups in total. The summed E-state index contributed by atoms with van der Waals surface area (Å²) in [5, 5.41) is 3.31. The lowest BCUT2D eigenvalue weighted by atomic mass is 10.1. The number of nitrogens with one attached hydrogen (secondary N) is 1. The summed E-state index contributed by atoms with van der Waals surface area (Å²) in [7, 11) is 0. The van der Waals surface area contributed by atoms with E-state index in [4.69, 9.17) is 5.73 Å². The molecule has 0 aliphatic heterocycles. The monoisotopic (exact) mass is 256 g/mol. The van der Waals surface area contributed by atoms with Crippen molar-refractivity contribution in [3.05, 3.63) is 28.7 Å². The van der Waals surface area contributed by atoms with Crippen LogP contribution in [0.4, 0.5) is 5.69 Å². The minimum Gasteiger partial charge on any atom is -0.383 e. The van der Waals surface area contributed by atoms with Gasteiger partial charge in [0.2, 0.25) is 0 Å². The predicted octanol–water partition coefficient (Wildman–Crippen LogP) is 2.84. The van der Waals surface area contributed by atoms with E-state index in [1.165, 1.54) is 0 Å². The van der Waals surface area contributed by atoms with Gasteiger partial charge < -0.3 is 11.1 Å². The van der Waals surface area contributed by atoms with E-state index in [9.17, 15) is 0 Å². The molecule has 0 aromatic heterocycles. The molecule has 0 aliphatic carbocycles. The van der Waals surface area contributed by atoms with Gasteiger partial charge in [0.1, 0.15) is 0 Å². The molecule has 0 saturated heterocycles. The predicted molar refractivity (Wildman–Crippen MR) is 65.4 cm³/mol. The zero-order chi connectivity index (χ0) is 10.6. The second-order valence-corrected chi connectivity index (χ2v) is 4.71. The van der Waals surface area contributed by atoms with Gasteiger partial charge in [0, 0.05) is 22.7 Å². The highest BCUT2D eigenvalue weighted by molar-refractivity contribution is 9.10. The molecule has 1 rings (SSSR count). The maximum absolute atomic E-state index is 5.92. The molecule has 1 unspecified atom stereocenters. The topological polar surface area (TPSA) is 38.0 Å². The van der Waals surface area contributed by atoms with Crippen LogP contribution in [0.15, 0.2) is 28.7 Å². The summed E-state index contributed by atoms with van der Waals surface area (Å²) in [6, 6.07) is 8.32. The van der Waals surface area contributed by atoms with Crippen LogP contribution >= 0.6 is 15.9 Å². The molecule has 0 saturated carbocycles. The molecule has 0 amide bonds. The fourth-order valence-electron chi connectivity index (χ4n) is 1.04. The van der Waals surface area contributed by atoms with Crippen LogP contribution in [0.3, 0.4) is 0 Å². The molecule has 0 bridgehead atoms. The highest BCUT2D eigenvalue weighted by Crippen LogP contribution is 2.14. The number of nitrogens with two attached hydrogens (primary N) is 1. The van der Waals surface area contributed by atoms with Crippen LogP contribution in [0.1, 0.15) is 13.8 Å². The first-order valence-electron chi connectivity index (χ1n) is 4.84. The minimum absolute atomic E-state index is 0.207. The molecular formula is C11H17BrN2. The minimum atomic E-state index is 0.207. The van der Waals surface area contributed by atoms with Crippen molar-refractivity contribution in [3.8, 4) is 0 Å². The van der Waals surface area contributed by atoms with Crippen LogP contribution in [0.25, 0.3) is 0 Å². The van der Waals surface area contributed by atoms with Gasteiger partial charge in [-0.05, 0) is 30.2 Å². The van der Waals surface area contributed by atoms with E-state index in [1.807, 2.05) is 24.3 Å². The van der Waals surface area contributed by atoms with Gasteiger partial charge in [0.05, 0.1) is 0 Å². The summed E-state index contributed by atoms with van der Waals surface area (Å²) in [6.45, 7) is 5.08. The number of hydrogen-bond donors (Lipinski definition) is 2. The van der Waals surface area contributed by atoms with Gasteiger partial charge in [0.25, 0.3) is 0 Å². The summed E-state index contributed by atoms with van der Waals surface area (Å²) >= 11 is 3.40. The molecule has 2 nitrogen and oxygen atoms in total. The van der Waals surface area contributed by atoms with E-state index >= 15 is 0 Å². The van der Waals surface area contributed by atoms with Crippen LogP contribution in [-0.4, -0.2) is 12.6 Å². The van der Waals surface area contributed by atoms with Gasteiger partial charge in [0.15, 0.2) is 0 Å². The van der Waals surface area contributed by atoms with E-state index in [1.54, 1.807) is 0 Å². The van der Waals surface area contributed by atoms with Gasteiger partial charge in [-0.15, -0.1) is 0 Å². The highest BCUT2D eigenvalue weighted by Gasteiger charge is 2.06. The number of benzene rings is 1. The van der Waals surface area contributed by atoms with Crippen molar-refractivity contribution in [1.29, 1.82) is 0 Å². The van der Waals surface area contributed by atoms with Gasteiger partial charge >= 0.3 is 0 Å². The van der Waals surface area contributed by atoms with Crippen molar-refractivity contribution in [2.24, 2.45) is 11.7 Å². The van der Waals surface area contributed by atoms with Gasteiger partial charge in [-0.2, -0.15) is 0 Å². The Morgan fingerprint density at radius 3 is 2.36 bits per heavy atom. The molecule has 0 radical (unpaired) electrons. The van der Waals surface area contributed by atoms with Gasteiger partial charge in [-0.3, -0.25) is 0 Å². The van der Waals surface area contributed by atoms with Crippen molar-refractivity contribution in [3.63, 3.8) is 0 Å². The number of rotatable bonds is 4. The Labute approximate surface area is 94.0 Å². The molecule has 0 heterocycles. The SMILES string of the molecule is CC(C)C(N)CNc1ccc(Br)cc1. The van der Waals surface area contributed by atoms with Crippen LogP contribution in [0.5, 0.6) is 0 Å². The molecule has 78 valence electrons. The smallest absolute Gasteiger partial charge is 0.0341 e. The Balaban J connectivity index is 2.42. The largest absolute Gasteiger partial charge is 0.383 e. The van der Waals surface area contributed by atoms with Crippen molar-refractivity contribution in [2.45, 2.75) is 19.9 Å². The lowest BCUT2D eigenvalue weighted by Crippen LogP contribution is -2.33. The zero-order valence-electron chi connectivity index (χ0n) is 8.63. The van der Waals surface area contributed by atoms with Crippen LogP contribution < -0.4 is 11.1 Å². The molecule has 14 heavy (non-hydrogen) atoms. The Morgan fingerprint density at radius 1 is 1.29 bits per heavy atom. The highest BCUT2D eigenvalue weighted by atomic mass is 79.9. The average molecular weight is 257 g/mol. The second kappa shape index (κ2) is 5.37. The van der Waals surface area contributed by atoms with Crippen molar-refractivity contribution in [2.75, 3.05) is 11.9 Å². The first-order valence-corrected chi connectivity index (χ1v) is 5.64. The molecule has 0 spiro atoms. The third-order valence-corrected chi connectivity index (χ3v) is 2.77. The summed E-state index contributed by atoms with van der Waals surface area (Å²) in [5.41, 5.74) is 7.04. The van der Waals surface area contributed by atoms with Crippen LogP contribution in [0.2, 0.25) is 0 Å². The molecule has 1 atom stereocenters. The van der Waals surface area contributed by atoms with E-state index in [-0.39, 0.29) is 6.04 Å². The maximum Gasteiger partial charge on any atom is 0.0341 e. The molecule has 1 aromatic rings. The Bertz CT molecular complexity index is 269. The summed E-state index contributed by atoms with van der Waals surface area (Å²) in [4.78, 5) is 0.